The maximum absolute atomic E-state index is 12.3. The van der Waals surface area contributed by atoms with Gasteiger partial charge in [0.25, 0.3) is 5.56 Å². The lowest BCUT2D eigenvalue weighted by Crippen LogP contribution is -2.32. The van der Waals surface area contributed by atoms with Crippen LogP contribution in [-0.2, 0) is 11.3 Å². The monoisotopic (exact) mass is 265 g/mol. The topological polar surface area (TPSA) is 64.0 Å². The molecule has 2 aromatic heterocycles. The number of aromatic nitrogens is 2. The molecule has 18 heavy (non-hydrogen) atoms. The second kappa shape index (κ2) is 4.89. The van der Waals surface area contributed by atoms with Gasteiger partial charge in [-0.3, -0.25) is 14.2 Å². The minimum atomic E-state index is -0.176. The molecule has 1 N–H and O–H groups in total. The molecule has 5 nitrogen and oxygen atoms in total. The van der Waals surface area contributed by atoms with Crippen LogP contribution >= 0.6 is 11.3 Å². The molecule has 2 rings (SSSR count). The summed E-state index contributed by atoms with van der Waals surface area (Å²) in [6, 6.07) is 0. The fourth-order valence-electron chi connectivity index (χ4n) is 1.79. The van der Waals surface area contributed by atoms with Crippen molar-refractivity contribution in [2.24, 2.45) is 0 Å². The van der Waals surface area contributed by atoms with E-state index in [9.17, 15) is 9.59 Å². The van der Waals surface area contributed by atoms with Gasteiger partial charge in [0, 0.05) is 11.4 Å². The average molecular weight is 265 g/mol. The minimum Gasteiger partial charge on any atom is -0.355 e. The van der Waals surface area contributed by atoms with E-state index in [-0.39, 0.29) is 18.0 Å². The summed E-state index contributed by atoms with van der Waals surface area (Å²) in [4.78, 5) is 29.8. The van der Waals surface area contributed by atoms with Crippen molar-refractivity contribution in [2.45, 2.75) is 27.3 Å². The highest BCUT2D eigenvalue weighted by atomic mass is 32.1. The number of hydrogen-bond donors (Lipinski definition) is 1. The Hall–Kier alpha value is -1.69. The Bertz CT molecular complexity index is 657. The van der Waals surface area contributed by atoms with Crippen LogP contribution in [0, 0.1) is 13.8 Å². The molecule has 0 atom stereocenters. The highest BCUT2D eigenvalue weighted by Gasteiger charge is 2.13. The number of nitrogens with one attached hydrogen (secondary N) is 1. The Morgan fingerprint density at radius 2 is 2.22 bits per heavy atom. The second-order valence-electron chi connectivity index (χ2n) is 4.09. The summed E-state index contributed by atoms with van der Waals surface area (Å²) in [5, 5.41) is 3.29. The lowest BCUT2D eigenvalue weighted by Gasteiger charge is -2.05. The van der Waals surface area contributed by atoms with Crippen LogP contribution in [0.5, 0.6) is 0 Å². The molecule has 0 spiro atoms. The molecule has 0 bridgehead atoms. The number of nitrogens with zero attached hydrogens (tertiary/aromatic N) is 2. The summed E-state index contributed by atoms with van der Waals surface area (Å²) < 4.78 is 1.35. The number of carbonyl (C=O) groups excluding carboxylic acids is 1. The van der Waals surface area contributed by atoms with Crippen LogP contribution in [0.2, 0.25) is 0 Å². The zero-order valence-electron chi connectivity index (χ0n) is 10.6. The van der Waals surface area contributed by atoms with Crippen molar-refractivity contribution in [3.8, 4) is 0 Å². The van der Waals surface area contributed by atoms with E-state index < -0.39 is 0 Å². The molecule has 0 aliphatic heterocycles. The van der Waals surface area contributed by atoms with Crippen molar-refractivity contribution < 1.29 is 4.79 Å². The van der Waals surface area contributed by atoms with Gasteiger partial charge in [-0.05, 0) is 26.3 Å². The summed E-state index contributed by atoms with van der Waals surface area (Å²) >= 11 is 1.51. The van der Waals surface area contributed by atoms with Gasteiger partial charge in [0.1, 0.15) is 11.4 Å². The first-order valence-electron chi connectivity index (χ1n) is 5.76. The predicted octanol–water partition coefficient (Wildman–Crippen LogP) is 1.21. The Labute approximate surface area is 108 Å². The summed E-state index contributed by atoms with van der Waals surface area (Å²) in [5.41, 5.74) is 0.811. The maximum Gasteiger partial charge on any atom is 0.262 e. The van der Waals surface area contributed by atoms with E-state index in [4.69, 9.17) is 0 Å². The third-order valence-corrected chi connectivity index (χ3v) is 3.96. The molecule has 2 heterocycles. The first-order chi connectivity index (χ1) is 8.54. The Balaban J connectivity index is 2.48. The Morgan fingerprint density at radius 1 is 1.50 bits per heavy atom. The normalized spacial score (nSPS) is 10.8. The van der Waals surface area contributed by atoms with Crippen molar-refractivity contribution in [1.29, 1.82) is 0 Å². The number of likely N-dealkylation sites (N-methyl/N-ethyl adjacent to an activating group) is 1. The summed E-state index contributed by atoms with van der Waals surface area (Å²) in [7, 11) is 0. The van der Waals surface area contributed by atoms with Gasteiger partial charge in [-0.2, -0.15) is 0 Å². The molecule has 96 valence electrons. The molecule has 2 aromatic rings. The number of rotatable bonds is 3. The van der Waals surface area contributed by atoms with Gasteiger partial charge >= 0.3 is 0 Å². The van der Waals surface area contributed by atoms with Crippen LogP contribution in [0.15, 0.2) is 11.1 Å². The van der Waals surface area contributed by atoms with Crippen LogP contribution in [0.4, 0.5) is 0 Å². The van der Waals surface area contributed by atoms with E-state index in [0.717, 1.165) is 15.3 Å². The lowest BCUT2D eigenvalue weighted by molar-refractivity contribution is -0.121. The van der Waals surface area contributed by atoms with E-state index in [2.05, 4.69) is 10.3 Å². The summed E-state index contributed by atoms with van der Waals surface area (Å²) in [5.74, 6) is -0.176. The summed E-state index contributed by atoms with van der Waals surface area (Å²) in [6.07, 6.45) is 1.44. The maximum atomic E-state index is 12.3. The van der Waals surface area contributed by atoms with Gasteiger partial charge in [0.05, 0.1) is 11.7 Å². The van der Waals surface area contributed by atoms with Crippen molar-refractivity contribution in [2.75, 3.05) is 6.54 Å². The Kier molecular flexibility index (Phi) is 3.47. The van der Waals surface area contributed by atoms with Crippen LogP contribution in [0.1, 0.15) is 17.4 Å². The number of thiophene rings is 1. The summed E-state index contributed by atoms with van der Waals surface area (Å²) in [6.45, 7) is 6.29. The number of aryl methyl sites for hydroxylation is 2. The third-order valence-electron chi connectivity index (χ3n) is 2.84. The molecule has 0 aromatic carbocycles. The SMILES string of the molecule is CCNC(=O)Cn1cnc2sc(C)c(C)c2c1=O. The van der Waals surface area contributed by atoms with Gasteiger partial charge < -0.3 is 5.32 Å². The molecule has 0 unspecified atom stereocenters. The predicted molar refractivity (Wildman–Crippen MR) is 72.0 cm³/mol. The van der Waals surface area contributed by atoms with Crippen LogP contribution in [0.25, 0.3) is 10.2 Å². The quantitative estimate of drug-likeness (QED) is 0.907. The molecule has 1 amide bonds. The Morgan fingerprint density at radius 3 is 2.89 bits per heavy atom. The van der Waals surface area contributed by atoms with Gasteiger partial charge in [-0.15, -0.1) is 11.3 Å². The van der Waals surface area contributed by atoms with E-state index in [1.54, 1.807) is 0 Å². The van der Waals surface area contributed by atoms with E-state index in [1.165, 1.54) is 22.2 Å². The number of fused-ring (bicyclic) bond motifs is 1. The van der Waals surface area contributed by atoms with E-state index >= 15 is 0 Å². The first-order valence-corrected chi connectivity index (χ1v) is 6.58. The van der Waals surface area contributed by atoms with Gasteiger partial charge in [-0.1, -0.05) is 0 Å². The van der Waals surface area contributed by atoms with Crippen molar-refractivity contribution in [1.82, 2.24) is 14.9 Å². The van der Waals surface area contributed by atoms with E-state index in [1.807, 2.05) is 20.8 Å². The average Bonchev–Trinajstić information content (AvgIpc) is 2.60. The van der Waals surface area contributed by atoms with Crippen molar-refractivity contribution >= 4 is 27.5 Å². The number of carbonyl (C=O) groups is 1. The van der Waals surface area contributed by atoms with E-state index in [0.29, 0.717) is 11.9 Å². The molecular weight excluding hydrogens is 250 g/mol. The fourth-order valence-corrected chi connectivity index (χ4v) is 2.78. The fraction of sp³-hybridized carbons (Fsp3) is 0.417. The zero-order valence-corrected chi connectivity index (χ0v) is 11.4. The lowest BCUT2D eigenvalue weighted by atomic mass is 10.2. The second-order valence-corrected chi connectivity index (χ2v) is 5.30. The molecule has 0 aliphatic carbocycles. The third kappa shape index (κ3) is 2.15. The van der Waals surface area contributed by atoms with Gasteiger partial charge in [0.15, 0.2) is 0 Å². The molecule has 0 saturated heterocycles. The van der Waals surface area contributed by atoms with Gasteiger partial charge in [0.2, 0.25) is 5.91 Å². The number of amides is 1. The molecule has 0 fully saturated rings. The standard InChI is InChI=1S/C12H15N3O2S/c1-4-13-9(16)5-15-6-14-11-10(12(15)17)7(2)8(3)18-11/h6H,4-5H2,1-3H3,(H,13,16). The smallest absolute Gasteiger partial charge is 0.262 e. The van der Waals surface area contributed by atoms with Gasteiger partial charge in [-0.25, -0.2) is 4.98 Å². The molecule has 6 heteroatoms. The molecule has 0 aliphatic rings. The van der Waals surface area contributed by atoms with Crippen LogP contribution in [-0.4, -0.2) is 22.0 Å². The van der Waals surface area contributed by atoms with Crippen molar-refractivity contribution in [3.05, 3.63) is 27.1 Å². The largest absolute Gasteiger partial charge is 0.355 e. The number of hydrogen-bond acceptors (Lipinski definition) is 4. The molecule has 0 saturated carbocycles. The van der Waals surface area contributed by atoms with Crippen LogP contribution < -0.4 is 10.9 Å². The first kappa shape index (κ1) is 12.8. The highest BCUT2D eigenvalue weighted by Crippen LogP contribution is 2.25. The van der Waals surface area contributed by atoms with Crippen LogP contribution in [0.3, 0.4) is 0 Å². The zero-order chi connectivity index (χ0) is 13.3. The highest BCUT2D eigenvalue weighted by molar-refractivity contribution is 7.18. The molecule has 0 radical (unpaired) electrons. The minimum absolute atomic E-state index is 0.0178. The molecular formula is C12H15N3O2S. The van der Waals surface area contributed by atoms with Crippen molar-refractivity contribution in [3.63, 3.8) is 0 Å².